The van der Waals surface area contributed by atoms with Crippen molar-refractivity contribution in [3.05, 3.63) is 42.2 Å². The summed E-state index contributed by atoms with van der Waals surface area (Å²) in [6, 6.07) is 8.74. The van der Waals surface area contributed by atoms with E-state index in [0.717, 1.165) is 5.69 Å². The highest BCUT2D eigenvalue weighted by atomic mass is 16.6. The summed E-state index contributed by atoms with van der Waals surface area (Å²) in [5.74, 6) is -1.03. The van der Waals surface area contributed by atoms with Crippen molar-refractivity contribution in [2.24, 2.45) is 0 Å². The summed E-state index contributed by atoms with van der Waals surface area (Å²) in [6.07, 6.45) is -0.441. The van der Waals surface area contributed by atoms with Crippen LogP contribution in [0, 0.1) is 0 Å². The summed E-state index contributed by atoms with van der Waals surface area (Å²) in [5, 5.41) is 16.0. The van der Waals surface area contributed by atoms with Crippen LogP contribution < -0.4 is 10.6 Å². The first kappa shape index (κ1) is 16.8. The normalized spacial score (nSPS) is 23.3. The van der Waals surface area contributed by atoms with Crippen LogP contribution in [-0.4, -0.2) is 48.9 Å². The Morgan fingerprint density at radius 1 is 1.30 bits per heavy atom. The molecule has 1 aromatic carbocycles. The number of methoxy groups -OCH3 is 1. The Morgan fingerprint density at radius 2 is 2.00 bits per heavy atom. The monoisotopic (exact) mass is 320 g/mol. The quantitative estimate of drug-likeness (QED) is 0.680. The number of nitrogens with one attached hydrogen (secondary N) is 2. The van der Waals surface area contributed by atoms with Gasteiger partial charge in [0.15, 0.2) is 0 Å². The van der Waals surface area contributed by atoms with Gasteiger partial charge in [-0.2, -0.15) is 0 Å². The predicted octanol–water partition coefficient (Wildman–Crippen LogP) is 0.420. The van der Waals surface area contributed by atoms with Gasteiger partial charge < -0.3 is 25.2 Å². The van der Waals surface area contributed by atoms with E-state index in [1.54, 1.807) is 0 Å². The van der Waals surface area contributed by atoms with Crippen molar-refractivity contribution < 1.29 is 24.2 Å². The van der Waals surface area contributed by atoms with Gasteiger partial charge in [0.25, 0.3) is 0 Å². The predicted molar refractivity (Wildman–Crippen MR) is 83.5 cm³/mol. The van der Waals surface area contributed by atoms with Gasteiger partial charge in [-0.05, 0) is 18.2 Å². The van der Waals surface area contributed by atoms with Crippen LogP contribution in [0.5, 0.6) is 0 Å². The molecule has 0 saturated heterocycles. The fourth-order valence-electron chi connectivity index (χ4n) is 2.33. The third-order valence-corrected chi connectivity index (χ3v) is 3.41. The van der Waals surface area contributed by atoms with Crippen LogP contribution in [0.25, 0.3) is 0 Å². The molecule has 2 rings (SSSR count). The number of rotatable bonds is 5. The minimum Gasteiger partial charge on any atom is -0.479 e. The molecule has 0 aromatic heterocycles. The Morgan fingerprint density at radius 3 is 2.61 bits per heavy atom. The van der Waals surface area contributed by atoms with Crippen LogP contribution in [0.4, 0.5) is 5.69 Å². The van der Waals surface area contributed by atoms with E-state index in [9.17, 15) is 14.7 Å². The number of amides is 1. The number of para-hydroxylation sites is 1. The number of hydrogen-bond donors (Lipinski definition) is 3. The van der Waals surface area contributed by atoms with Crippen molar-refractivity contribution in [2.45, 2.75) is 25.2 Å². The second kappa shape index (κ2) is 7.64. The molecule has 0 saturated carbocycles. The number of aliphatic hydroxyl groups excluding tert-OH is 1. The number of carbonyl (C=O) groups excluding carboxylic acids is 2. The van der Waals surface area contributed by atoms with Crippen molar-refractivity contribution in [3.8, 4) is 0 Å². The number of anilines is 1. The number of esters is 1. The highest BCUT2D eigenvalue weighted by Gasteiger charge is 2.36. The highest BCUT2D eigenvalue weighted by Crippen LogP contribution is 2.20. The third kappa shape index (κ3) is 4.46. The van der Waals surface area contributed by atoms with E-state index in [1.165, 1.54) is 20.1 Å². The molecule has 3 N–H and O–H groups in total. The number of hydrogen-bond acceptors (Lipinski definition) is 6. The molecule has 1 aromatic rings. The van der Waals surface area contributed by atoms with Crippen LogP contribution in [0.1, 0.15) is 6.92 Å². The minimum atomic E-state index is -1.05. The van der Waals surface area contributed by atoms with Crippen molar-refractivity contribution in [1.82, 2.24) is 5.32 Å². The highest BCUT2D eigenvalue weighted by molar-refractivity contribution is 5.86. The van der Waals surface area contributed by atoms with E-state index in [4.69, 9.17) is 4.74 Å². The summed E-state index contributed by atoms with van der Waals surface area (Å²) >= 11 is 0. The van der Waals surface area contributed by atoms with Crippen LogP contribution in [-0.2, 0) is 19.1 Å². The van der Waals surface area contributed by atoms with E-state index < -0.39 is 24.2 Å². The average Bonchev–Trinajstić information content (AvgIpc) is 2.55. The first-order valence-electron chi connectivity index (χ1n) is 7.22. The minimum absolute atomic E-state index is 0.0681. The van der Waals surface area contributed by atoms with Crippen LogP contribution in [0.15, 0.2) is 42.2 Å². The zero-order valence-corrected chi connectivity index (χ0v) is 13.0. The fraction of sp³-hybridized carbons (Fsp3) is 0.375. The number of ether oxygens (including phenoxy) is 2. The molecule has 23 heavy (non-hydrogen) atoms. The molecule has 0 unspecified atom stereocenters. The first-order valence-corrected chi connectivity index (χ1v) is 7.22. The van der Waals surface area contributed by atoms with Gasteiger partial charge >= 0.3 is 5.97 Å². The zero-order chi connectivity index (χ0) is 16.8. The molecular weight excluding hydrogens is 300 g/mol. The molecule has 0 bridgehead atoms. The lowest BCUT2D eigenvalue weighted by molar-refractivity contribution is -0.143. The third-order valence-electron chi connectivity index (χ3n) is 3.41. The zero-order valence-electron chi connectivity index (χ0n) is 13.0. The van der Waals surface area contributed by atoms with Gasteiger partial charge in [0.05, 0.1) is 19.7 Å². The van der Waals surface area contributed by atoms with Gasteiger partial charge in [0.2, 0.25) is 11.7 Å². The topological polar surface area (TPSA) is 96.9 Å². The van der Waals surface area contributed by atoms with Crippen LogP contribution in [0.2, 0.25) is 0 Å². The Kier molecular flexibility index (Phi) is 5.59. The van der Waals surface area contributed by atoms with E-state index in [0.29, 0.717) is 6.54 Å². The molecule has 1 aliphatic heterocycles. The Balaban J connectivity index is 2.12. The molecular formula is C16H20N2O5. The van der Waals surface area contributed by atoms with E-state index in [-0.39, 0.29) is 11.7 Å². The van der Waals surface area contributed by atoms with Crippen molar-refractivity contribution in [3.63, 3.8) is 0 Å². The molecule has 7 heteroatoms. The van der Waals surface area contributed by atoms with Gasteiger partial charge in [-0.25, -0.2) is 4.79 Å². The molecule has 0 spiro atoms. The molecule has 0 fully saturated rings. The lowest BCUT2D eigenvalue weighted by Crippen LogP contribution is -2.55. The first-order chi connectivity index (χ1) is 11.0. The summed E-state index contributed by atoms with van der Waals surface area (Å²) in [7, 11) is 1.23. The molecule has 1 aliphatic rings. The maximum Gasteiger partial charge on any atom is 0.373 e. The average molecular weight is 320 g/mol. The van der Waals surface area contributed by atoms with Crippen molar-refractivity contribution in [2.75, 3.05) is 19.0 Å². The lowest BCUT2D eigenvalue weighted by Gasteiger charge is -2.35. The summed E-state index contributed by atoms with van der Waals surface area (Å²) in [6.45, 7) is 1.65. The Bertz CT molecular complexity index is 587. The van der Waals surface area contributed by atoms with E-state index >= 15 is 0 Å². The largest absolute Gasteiger partial charge is 0.479 e. The van der Waals surface area contributed by atoms with Gasteiger partial charge in [0.1, 0.15) is 12.2 Å². The standard InChI is InChI=1S/C16H20N2O5/c1-10(19)18-15-12(20)8-13(16(21)22-2)23-14(15)9-17-11-6-4-3-5-7-11/h3-8,12,14-15,17,20H,9H2,1-2H3,(H,18,19)/t12-,14-,15+/m0/s1. The molecule has 7 nitrogen and oxygen atoms in total. The SMILES string of the molecule is COC(=O)C1=C[C@H](O)[C@@H](NC(C)=O)[C@H](CNc2ccccc2)O1. The fourth-order valence-corrected chi connectivity index (χ4v) is 2.33. The molecule has 0 aliphatic carbocycles. The maximum atomic E-state index is 11.6. The summed E-state index contributed by atoms with van der Waals surface area (Å²) in [5.41, 5.74) is 0.862. The van der Waals surface area contributed by atoms with Crippen molar-refractivity contribution in [1.29, 1.82) is 0 Å². The molecule has 3 atom stereocenters. The van der Waals surface area contributed by atoms with E-state index in [1.807, 2.05) is 30.3 Å². The van der Waals surface area contributed by atoms with Gasteiger partial charge in [-0.3, -0.25) is 4.79 Å². The Labute approximate surface area is 134 Å². The second-order valence-electron chi connectivity index (χ2n) is 5.14. The second-order valence-corrected chi connectivity index (χ2v) is 5.14. The molecule has 1 heterocycles. The number of benzene rings is 1. The lowest BCUT2D eigenvalue weighted by atomic mass is 10.0. The van der Waals surface area contributed by atoms with Gasteiger partial charge in [-0.1, -0.05) is 18.2 Å². The number of carbonyl (C=O) groups is 2. The summed E-state index contributed by atoms with van der Waals surface area (Å²) < 4.78 is 10.2. The van der Waals surface area contributed by atoms with Crippen LogP contribution >= 0.6 is 0 Å². The van der Waals surface area contributed by atoms with Gasteiger partial charge in [-0.15, -0.1) is 0 Å². The van der Waals surface area contributed by atoms with Gasteiger partial charge in [0, 0.05) is 12.6 Å². The smallest absolute Gasteiger partial charge is 0.373 e. The maximum absolute atomic E-state index is 11.6. The van der Waals surface area contributed by atoms with E-state index in [2.05, 4.69) is 15.4 Å². The number of aliphatic hydroxyl groups is 1. The summed E-state index contributed by atoms with van der Waals surface area (Å²) in [4.78, 5) is 23.0. The Hall–Kier alpha value is -2.54. The molecule has 124 valence electrons. The molecule has 1 amide bonds. The van der Waals surface area contributed by atoms with Crippen molar-refractivity contribution >= 4 is 17.6 Å². The van der Waals surface area contributed by atoms with Crippen LogP contribution in [0.3, 0.4) is 0 Å². The molecule has 0 radical (unpaired) electrons.